The summed E-state index contributed by atoms with van der Waals surface area (Å²) in [6.45, 7) is 2.51. The van der Waals surface area contributed by atoms with Crippen LogP contribution in [-0.2, 0) is 11.3 Å². The van der Waals surface area contributed by atoms with E-state index in [2.05, 4.69) is 16.5 Å². The fraction of sp³-hybridized carbons (Fsp3) is 0.381. The van der Waals surface area contributed by atoms with Gasteiger partial charge in [-0.1, -0.05) is 23.8 Å². The third-order valence-electron chi connectivity index (χ3n) is 4.93. The lowest BCUT2D eigenvalue weighted by molar-refractivity contribution is -0.118. The predicted octanol–water partition coefficient (Wildman–Crippen LogP) is 3.04. The molecule has 0 saturated heterocycles. The van der Waals surface area contributed by atoms with Crippen molar-refractivity contribution in [2.75, 3.05) is 0 Å². The predicted molar refractivity (Wildman–Crippen MR) is 105 cm³/mol. The Labute approximate surface area is 159 Å². The van der Waals surface area contributed by atoms with Gasteiger partial charge in [0.05, 0.1) is 6.20 Å². The van der Waals surface area contributed by atoms with Crippen LogP contribution in [-0.4, -0.2) is 27.6 Å². The van der Waals surface area contributed by atoms with E-state index in [1.165, 1.54) is 18.4 Å². The number of carbonyl (C=O) groups excluding carboxylic acids is 2. The molecule has 1 heterocycles. The third kappa shape index (κ3) is 5.06. The number of aryl methyl sites for hydroxylation is 1. The molecule has 3 N–H and O–H groups in total. The lowest BCUT2D eigenvalue weighted by Crippen LogP contribution is -2.34. The summed E-state index contributed by atoms with van der Waals surface area (Å²) in [7, 11) is 0. The lowest BCUT2D eigenvalue weighted by Gasteiger charge is -2.21. The van der Waals surface area contributed by atoms with Gasteiger partial charge in [0.1, 0.15) is 0 Å². The van der Waals surface area contributed by atoms with Crippen molar-refractivity contribution in [3.8, 4) is 11.1 Å². The maximum absolute atomic E-state index is 12.5. The second-order valence-corrected chi connectivity index (χ2v) is 7.01. The van der Waals surface area contributed by atoms with Crippen LogP contribution in [0.5, 0.6) is 0 Å². The van der Waals surface area contributed by atoms with E-state index in [0.29, 0.717) is 12.1 Å². The summed E-state index contributed by atoms with van der Waals surface area (Å²) in [5.74, 6) is -0.404. The van der Waals surface area contributed by atoms with Crippen LogP contribution in [0.1, 0.15) is 49.4 Å². The third-order valence-corrected chi connectivity index (χ3v) is 4.93. The van der Waals surface area contributed by atoms with Gasteiger partial charge in [-0.15, -0.1) is 0 Å². The molecular formula is C21H26N4O2. The van der Waals surface area contributed by atoms with E-state index in [4.69, 9.17) is 5.73 Å². The van der Waals surface area contributed by atoms with E-state index in [1.807, 2.05) is 37.4 Å². The first kappa shape index (κ1) is 18.9. The standard InChI is InChI=1S/C21H26N4O2/c1-15(16-5-3-2-4-6-16)24-21(27)18-9-7-17(8-10-18)19-13-23-25(14-19)12-11-20(22)26/h5,7-10,13-15H,2-4,6,11-12H2,1H3,(H2,22,26)(H,24,27)/t15-/m1/s1. The Balaban J connectivity index is 1.62. The molecule has 0 bridgehead atoms. The minimum Gasteiger partial charge on any atom is -0.370 e. The Bertz CT molecular complexity index is 836. The molecule has 0 radical (unpaired) electrons. The number of hydrogen-bond acceptors (Lipinski definition) is 3. The van der Waals surface area contributed by atoms with Crippen LogP contribution >= 0.6 is 0 Å². The summed E-state index contributed by atoms with van der Waals surface area (Å²) in [6, 6.07) is 7.55. The minimum atomic E-state index is -0.347. The van der Waals surface area contributed by atoms with Gasteiger partial charge in [0.2, 0.25) is 5.91 Å². The summed E-state index contributed by atoms with van der Waals surface area (Å²) in [6.07, 6.45) is 10.8. The van der Waals surface area contributed by atoms with E-state index in [9.17, 15) is 9.59 Å². The molecule has 0 unspecified atom stereocenters. The van der Waals surface area contributed by atoms with Crippen LogP contribution in [0.15, 0.2) is 48.3 Å². The molecule has 6 nitrogen and oxygen atoms in total. The van der Waals surface area contributed by atoms with Crippen LogP contribution in [0.25, 0.3) is 11.1 Å². The molecule has 1 atom stereocenters. The highest BCUT2D eigenvalue weighted by Crippen LogP contribution is 2.21. The first-order valence-corrected chi connectivity index (χ1v) is 9.44. The van der Waals surface area contributed by atoms with Gasteiger partial charge in [-0.3, -0.25) is 14.3 Å². The second kappa shape index (κ2) is 8.66. The summed E-state index contributed by atoms with van der Waals surface area (Å²) in [5.41, 5.74) is 9.04. The summed E-state index contributed by atoms with van der Waals surface area (Å²) in [5, 5.41) is 7.33. The molecule has 1 aliphatic carbocycles. The maximum Gasteiger partial charge on any atom is 0.251 e. The normalized spacial score (nSPS) is 15.1. The highest BCUT2D eigenvalue weighted by molar-refractivity contribution is 5.95. The lowest BCUT2D eigenvalue weighted by atomic mass is 9.94. The molecule has 1 aromatic carbocycles. The van der Waals surface area contributed by atoms with Gasteiger partial charge < -0.3 is 11.1 Å². The molecule has 6 heteroatoms. The fourth-order valence-corrected chi connectivity index (χ4v) is 3.30. The van der Waals surface area contributed by atoms with E-state index in [0.717, 1.165) is 24.0 Å². The molecule has 3 rings (SSSR count). The van der Waals surface area contributed by atoms with Crippen molar-refractivity contribution < 1.29 is 9.59 Å². The number of nitrogens with zero attached hydrogens (tertiary/aromatic N) is 2. The molecule has 2 aromatic rings. The molecule has 0 fully saturated rings. The molecular weight excluding hydrogens is 340 g/mol. The number of primary amides is 1. The maximum atomic E-state index is 12.5. The van der Waals surface area contributed by atoms with Gasteiger partial charge in [-0.2, -0.15) is 5.10 Å². The Kier molecular flexibility index (Phi) is 6.06. The van der Waals surface area contributed by atoms with Gasteiger partial charge in [0.15, 0.2) is 0 Å². The Hall–Kier alpha value is -2.89. The van der Waals surface area contributed by atoms with Gasteiger partial charge in [0, 0.05) is 36.3 Å². The smallest absolute Gasteiger partial charge is 0.251 e. The molecule has 2 amide bonds. The van der Waals surface area contributed by atoms with Crippen molar-refractivity contribution in [1.29, 1.82) is 0 Å². The van der Waals surface area contributed by atoms with Crippen molar-refractivity contribution in [3.05, 3.63) is 53.9 Å². The number of amides is 2. The van der Waals surface area contributed by atoms with Crippen molar-refractivity contribution in [2.24, 2.45) is 5.73 Å². The minimum absolute atomic E-state index is 0.0577. The van der Waals surface area contributed by atoms with Crippen molar-refractivity contribution >= 4 is 11.8 Å². The zero-order valence-electron chi connectivity index (χ0n) is 15.6. The first-order chi connectivity index (χ1) is 13.0. The monoisotopic (exact) mass is 366 g/mol. The highest BCUT2D eigenvalue weighted by Gasteiger charge is 2.15. The van der Waals surface area contributed by atoms with Crippen LogP contribution in [0, 0.1) is 0 Å². The average Bonchev–Trinajstić information content (AvgIpc) is 3.16. The van der Waals surface area contributed by atoms with Crippen LogP contribution < -0.4 is 11.1 Å². The molecule has 0 saturated carbocycles. The fourth-order valence-electron chi connectivity index (χ4n) is 3.30. The molecule has 0 spiro atoms. The number of hydrogen-bond donors (Lipinski definition) is 2. The van der Waals surface area contributed by atoms with Gasteiger partial charge in [-0.25, -0.2) is 0 Å². The number of carbonyl (C=O) groups is 2. The van der Waals surface area contributed by atoms with E-state index in [1.54, 1.807) is 10.9 Å². The highest BCUT2D eigenvalue weighted by atomic mass is 16.2. The number of allylic oxidation sites excluding steroid dienone is 1. The van der Waals surface area contributed by atoms with Crippen molar-refractivity contribution in [2.45, 2.75) is 51.6 Å². The van der Waals surface area contributed by atoms with Gasteiger partial charge >= 0.3 is 0 Å². The van der Waals surface area contributed by atoms with Gasteiger partial charge in [-0.05, 0) is 50.3 Å². The Morgan fingerprint density at radius 2 is 2.00 bits per heavy atom. The van der Waals surface area contributed by atoms with Crippen molar-refractivity contribution in [3.63, 3.8) is 0 Å². The van der Waals surface area contributed by atoms with E-state index >= 15 is 0 Å². The summed E-state index contributed by atoms with van der Waals surface area (Å²) < 4.78 is 1.69. The zero-order valence-corrected chi connectivity index (χ0v) is 15.6. The number of nitrogens with one attached hydrogen (secondary N) is 1. The first-order valence-electron chi connectivity index (χ1n) is 9.44. The molecule has 142 valence electrons. The quantitative estimate of drug-likeness (QED) is 0.738. The summed E-state index contributed by atoms with van der Waals surface area (Å²) in [4.78, 5) is 23.4. The van der Waals surface area contributed by atoms with E-state index < -0.39 is 0 Å². The number of aromatic nitrogens is 2. The number of benzene rings is 1. The van der Waals surface area contributed by atoms with Crippen LogP contribution in [0.2, 0.25) is 0 Å². The summed E-state index contributed by atoms with van der Waals surface area (Å²) >= 11 is 0. The Morgan fingerprint density at radius 3 is 2.67 bits per heavy atom. The van der Waals surface area contributed by atoms with Gasteiger partial charge in [0.25, 0.3) is 5.91 Å². The molecule has 1 aromatic heterocycles. The SMILES string of the molecule is C[C@@H](NC(=O)c1ccc(-c2cnn(CCC(N)=O)c2)cc1)C1=CCCCC1. The number of rotatable bonds is 7. The largest absolute Gasteiger partial charge is 0.370 e. The van der Waals surface area contributed by atoms with Crippen molar-refractivity contribution in [1.82, 2.24) is 15.1 Å². The zero-order chi connectivity index (χ0) is 19.2. The van der Waals surface area contributed by atoms with Crippen LogP contribution in [0.4, 0.5) is 0 Å². The molecule has 0 aliphatic heterocycles. The molecule has 27 heavy (non-hydrogen) atoms. The second-order valence-electron chi connectivity index (χ2n) is 7.01. The molecule has 1 aliphatic rings. The van der Waals surface area contributed by atoms with E-state index in [-0.39, 0.29) is 24.3 Å². The Morgan fingerprint density at radius 1 is 1.22 bits per heavy atom. The van der Waals surface area contributed by atoms with Crippen LogP contribution in [0.3, 0.4) is 0 Å². The topological polar surface area (TPSA) is 90.0 Å². The number of nitrogens with two attached hydrogens (primary N) is 1. The average molecular weight is 366 g/mol.